The Morgan fingerprint density at radius 3 is 2.36 bits per heavy atom. The van der Waals surface area contributed by atoms with Gasteiger partial charge in [0, 0.05) is 11.6 Å². The second kappa shape index (κ2) is 8.32. The molecule has 6 nitrogen and oxygen atoms in total. The number of nitrogens with one attached hydrogen (secondary N) is 2. The summed E-state index contributed by atoms with van der Waals surface area (Å²) in [6.07, 6.45) is 1.72. The molecule has 0 spiro atoms. The molecular formula is C21H26N2O4S. The molecule has 150 valence electrons. The van der Waals surface area contributed by atoms with Gasteiger partial charge in [-0.25, -0.2) is 13.1 Å². The van der Waals surface area contributed by atoms with Crippen LogP contribution in [0.15, 0.2) is 53.4 Å². The molecule has 1 saturated carbocycles. The van der Waals surface area contributed by atoms with Gasteiger partial charge in [-0.3, -0.25) is 4.79 Å². The van der Waals surface area contributed by atoms with Gasteiger partial charge >= 0.3 is 0 Å². The van der Waals surface area contributed by atoms with Gasteiger partial charge in [-0.15, -0.1) is 0 Å². The first-order valence-corrected chi connectivity index (χ1v) is 10.9. The smallest absolute Gasteiger partial charge is 0.251 e. The monoisotopic (exact) mass is 402 g/mol. The highest BCUT2D eigenvalue weighted by Crippen LogP contribution is 2.25. The molecule has 1 aliphatic rings. The van der Waals surface area contributed by atoms with E-state index in [-0.39, 0.29) is 28.8 Å². The first-order chi connectivity index (χ1) is 13.3. The first kappa shape index (κ1) is 20.4. The summed E-state index contributed by atoms with van der Waals surface area (Å²) in [6, 6.07) is 13.5. The summed E-state index contributed by atoms with van der Waals surface area (Å²) in [4.78, 5) is 12.9. The Morgan fingerprint density at radius 2 is 1.79 bits per heavy atom. The maximum Gasteiger partial charge on any atom is 0.251 e. The lowest BCUT2D eigenvalue weighted by Gasteiger charge is -2.23. The topological polar surface area (TPSA) is 84.5 Å². The Labute approximate surface area is 166 Å². The molecule has 0 aromatic heterocycles. The van der Waals surface area contributed by atoms with Crippen molar-refractivity contribution in [3.63, 3.8) is 0 Å². The molecule has 0 aliphatic heterocycles. The summed E-state index contributed by atoms with van der Waals surface area (Å²) >= 11 is 0. The van der Waals surface area contributed by atoms with Gasteiger partial charge in [-0.2, -0.15) is 0 Å². The zero-order valence-electron chi connectivity index (χ0n) is 16.3. The van der Waals surface area contributed by atoms with Crippen LogP contribution in [-0.4, -0.2) is 27.5 Å². The fourth-order valence-electron chi connectivity index (χ4n) is 2.96. The van der Waals surface area contributed by atoms with Crippen LogP contribution in [0.5, 0.6) is 5.75 Å². The van der Waals surface area contributed by atoms with Crippen molar-refractivity contribution in [3.8, 4) is 5.75 Å². The molecule has 1 fully saturated rings. The minimum absolute atomic E-state index is 0.0166. The third-order valence-corrected chi connectivity index (χ3v) is 6.25. The predicted molar refractivity (Wildman–Crippen MR) is 108 cm³/mol. The predicted octanol–water partition coefficient (Wildman–Crippen LogP) is 3.26. The number of carbonyl (C=O) groups is 1. The van der Waals surface area contributed by atoms with Crippen LogP contribution >= 0.6 is 0 Å². The molecule has 7 heteroatoms. The van der Waals surface area contributed by atoms with Gasteiger partial charge in [-0.1, -0.05) is 32.0 Å². The van der Waals surface area contributed by atoms with Gasteiger partial charge in [0.1, 0.15) is 5.75 Å². The molecule has 0 radical (unpaired) electrons. The molecule has 28 heavy (non-hydrogen) atoms. The van der Waals surface area contributed by atoms with E-state index in [1.54, 1.807) is 19.2 Å². The molecule has 1 atom stereocenters. The van der Waals surface area contributed by atoms with Gasteiger partial charge in [0.2, 0.25) is 10.0 Å². The quantitative estimate of drug-likeness (QED) is 0.710. The molecule has 0 saturated heterocycles. The Kier molecular flexibility index (Phi) is 6.05. The number of benzene rings is 2. The molecule has 0 bridgehead atoms. The standard InChI is InChI=1S/C21H26N2O4S/c1-14(2)20(15-7-11-18(27-3)12-8-15)22-21(24)16-5-4-6-19(13-16)28(25,26)23-17-9-10-17/h4-8,11-14,17,20,23H,9-10H2,1-3H3,(H,22,24). The number of hydrogen-bond donors (Lipinski definition) is 2. The first-order valence-electron chi connectivity index (χ1n) is 9.37. The summed E-state index contributed by atoms with van der Waals surface area (Å²) in [5, 5.41) is 3.02. The number of rotatable bonds is 8. The summed E-state index contributed by atoms with van der Waals surface area (Å²) < 4.78 is 32.7. The van der Waals surface area contributed by atoms with Gasteiger partial charge in [-0.05, 0) is 54.7 Å². The normalized spacial score (nSPS) is 15.3. The molecule has 2 aromatic rings. The van der Waals surface area contributed by atoms with E-state index in [9.17, 15) is 13.2 Å². The summed E-state index contributed by atoms with van der Waals surface area (Å²) in [7, 11) is -1.99. The average Bonchev–Trinajstić information content (AvgIpc) is 3.49. The average molecular weight is 403 g/mol. The summed E-state index contributed by atoms with van der Waals surface area (Å²) in [5.74, 6) is 0.595. The maximum atomic E-state index is 12.8. The highest BCUT2D eigenvalue weighted by molar-refractivity contribution is 7.89. The second-order valence-corrected chi connectivity index (χ2v) is 9.11. The molecule has 0 heterocycles. The van der Waals surface area contributed by atoms with Gasteiger partial charge < -0.3 is 10.1 Å². The lowest BCUT2D eigenvalue weighted by molar-refractivity contribution is 0.0925. The Hall–Kier alpha value is -2.38. The van der Waals surface area contributed by atoms with Crippen molar-refractivity contribution < 1.29 is 17.9 Å². The molecular weight excluding hydrogens is 376 g/mol. The number of carbonyl (C=O) groups excluding carboxylic acids is 1. The number of sulfonamides is 1. The highest BCUT2D eigenvalue weighted by atomic mass is 32.2. The van der Waals surface area contributed by atoms with Crippen molar-refractivity contribution in [2.24, 2.45) is 5.92 Å². The van der Waals surface area contributed by atoms with E-state index >= 15 is 0 Å². The Bertz CT molecular complexity index is 935. The fourth-order valence-corrected chi connectivity index (χ4v) is 4.31. The number of ether oxygens (including phenoxy) is 1. The van der Waals surface area contributed by atoms with Crippen LogP contribution in [0.1, 0.15) is 48.7 Å². The van der Waals surface area contributed by atoms with E-state index in [2.05, 4.69) is 10.0 Å². The van der Waals surface area contributed by atoms with Crippen molar-refractivity contribution in [1.29, 1.82) is 0 Å². The molecule has 1 unspecified atom stereocenters. The number of methoxy groups -OCH3 is 1. The lowest BCUT2D eigenvalue weighted by Crippen LogP contribution is -2.32. The van der Waals surface area contributed by atoms with Crippen LogP contribution in [0, 0.1) is 5.92 Å². The van der Waals surface area contributed by atoms with Gasteiger partial charge in [0.05, 0.1) is 18.0 Å². The van der Waals surface area contributed by atoms with Crippen molar-refractivity contribution >= 4 is 15.9 Å². The van der Waals surface area contributed by atoms with Crippen LogP contribution < -0.4 is 14.8 Å². The van der Waals surface area contributed by atoms with Gasteiger partial charge in [0.25, 0.3) is 5.91 Å². The van der Waals surface area contributed by atoms with Crippen LogP contribution in [-0.2, 0) is 10.0 Å². The van der Waals surface area contributed by atoms with Gasteiger partial charge in [0.15, 0.2) is 0 Å². The third-order valence-electron chi connectivity index (χ3n) is 4.73. The molecule has 2 N–H and O–H groups in total. The van der Waals surface area contributed by atoms with Crippen LogP contribution in [0.2, 0.25) is 0 Å². The minimum Gasteiger partial charge on any atom is -0.497 e. The largest absolute Gasteiger partial charge is 0.497 e. The van der Waals surface area contributed by atoms with Crippen molar-refractivity contribution in [2.75, 3.05) is 7.11 Å². The van der Waals surface area contributed by atoms with E-state index in [1.807, 2.05) is 38.1 Å². The highest BCUT2D eigenvalue weighted by Gasteiger charge is 2.28. The molecule has 1 amide bonds. The fraction of sp³-hybridized carbons (Fsp3) is 0.381. The number of hydrogen-bond acceptors (Lipinski definition) is 4. The zero-order chi connectivity index (χ0) is 20.3. The maximum absolute atomic E-state index is 12.8. The van der Waals surface area contributed by atoms with E-state index in [1.165, 1.54) is 12.1 Å². The van der Waals surface area contributed by atoms with Crippen molar-refractivity contribution in [3.05, 3.63) is 59.7 Å². The van der Waals surface area contributed by atoms with E-state index in [4.69, 9.17) is 4.74 Å². The number of amides is 1. The molecule has 2 aromatic carbocycles. The Balaban J connectivity index is 1.79. The van der Waals surface area contributed by atoms with Crippen molar-refractivity contribution in [1.82, 2.24) is 10.0 Å². The second-order valence-electron chi connectivity index (χ2n) is 7.39. The van der Waals surface area contributed by atoms with Crippen LogP contribution in [0.25, 0.3) is 0 Å². The van der Waals surface area contributed by atoms with E-state index in [0.717, 1.165) is 24.2 Å². The Morgan fingerprint density at radius 1 is 1.11 bits per heavy atom. The summed E-state index contributed by atoms with van der Waals surface area (Å²) in [5.41, 5.74) is 1.28. The minimum atomic E-state index is -3.60. The van der Waals surface area contributed by atoms with E-state index < -0.39 is 10.0 Å². The van der Waals surface area contributed by atoms with Crippen LogP contribution in [0.3, 0.4) is 0 Å². The summed E-state index contributed by atoms with van der Waals surface area (Å²) in [6.45, 7) is 4.05. The zero-order valence-corrected chi connectivity index (χ0v) is 17.1. The third kappa shape index (κ3) is 4.91. The SMILES string of the molecule is COc1ccc(C(NC(=O)c2cccc(S(=O)(=O)NC3CC3)c2)C(C)C)cc1. The molecule has 1 aliphatic carbocycles. The lowest BCUT2D eigenvalue weighted by atomic mass is 9.95. The van der Waals surface area contributed by atoms with Crippen molar-refractivity contribution in [2.45, 2.75) is 43.7 Å². The van der Waals surface area contributed by atoms with Crippen LogP contribution in [0.4, 0.5) is 0 Å². The van der Waals surface area contributed by atoms with E-state index in [0.29, 0.717) is 5.56 Å². The molecule has 3 rings (SSSR count).